The van der Waals surface area contributed by atoms with Gasteiger partial charge in [0.2, 0.25) is 5.88 Å². The lowest BCUT2D eigenvalue weighted by Gasteiger charge is -2.05. The van der Waals surface area contributed by atoms with Crippen LogP contribution in [0.2, 0.25) is 0 Å². The van der Waals surface area contributed by atoms with Gasteiger partial charge in [-0.3, -0.25) is 4.79 Å². The molecular formula is C12H17NO3. The topological polar surface area (TPSA) is 48.4 Å². The van der Waals surface area contributed by atoms with Crippen LogP contribution in [0.1, 0.15) is 30.1 Å². The number of nitrogens with zero attached hydrogens (tertiary/aromatic N) is 1. The predicted molar refractivity (Wildman–Crippen MR) is 60.8 cm³/mol. The number of aromatic nitrogens is 1. The molecule has 1 rings (SSSR count). The Bertz CT molecular complexity index is 298. The van der Waals surface area contributed by atoms with Crippen molar-refractivity contribution in [3.63, 3.8) is 0 Å². The maximum atomic E-state index is 10.4. The van der Waals surface area contributed by atoms with Gasteiger partial charge in [-0.15, -0.1) is 0 Å². The molecule has 0 saturated carbocycles. The zero-order valence-electron chi connectivity index (χ0n) is 9.52. The van der Waals surface area contributed by atoms with Gasteiger partial charge in [-0.25, -0.2) is 4.98 Å². The van der Waals surface area contributed by atoms with Gasteiger partial charge in [0.1, 0.15) is 6.61 Å². The third-order valence-corrected chi connectivity index (χ3v) is 2.02. The summed E-state index contributed by atoms with van der Waals surface area (Å²) in [6.45, 7) is 3.95. The summed E-state index contributed by atoms with van der Waals surface area (Å²) < 4.78 is 10.7. The summed E-state index contributed by atoms with van der Waals surface area (Å²) in [6, 6.07) is 3.35. The number of rotatable bonds is 8. The quantitative estimate of drug-likeness (QED) is 0.500. The number of ether oxygens (including phenoxy) is 2. The second-order valence-electron chi connectivity index (χ2n) is 3.36. The van der Waals surface area contributed by atoms with Crippen molar-refractivity contribution >= 4 is 6.29 Å². The molecule has 0 fully saturated rings. The molecular weight excluding hydrogens is 206 g/mol. The van der Waals surface area contributed by atoms with Crippen LogP contribution in [0.5, 0.6) is 5.88 Å². The highest BCUT2D eigenvalue weighted by Crippen LogP contribution is 2.05. The predicted octanol–water partition coefficient (Wildman–Crippen LogP) is 2.09. The number of pyridine rings is 1. The Morgan fingerprint density at radius 2 is 2.19 bits per heavy atom. The summed E-state index contributed by atoms with van der Waals surface area (Å²) in [5.74, 6) is 0.518. The van der Waals surface area contributed by atoms with E-state index in [0.717, 1.165) is 25.7 Å². The highest BCUT2D eigenvalue weighted by molar-refractivity contribution is 5.73. The smallest absolute Gasteiger partial charge is 0.213 e. The number of carbonyl (C=O) groups excluding carboxylic acids is 1. The van der Waals surface area contributed by atoms with Crippen molar-refractivity contribution < 1.29 is 14.3 Å². The molecule has 0 radical (unpaired) electrons. The molecule has 1 heterocycles. The Balaban J connectivity index is 2.14. The van der Waals surface area contributed by atoms with E-state index < -0.39 is 0 Å². The van der Waals surface area contributed by atoms with Gasteiger partial charge in [-0.1, -0.05) is 13.3 Å². The highest BCUT2D eigenvalue weighted by atomic mass is 16.5. The summed E-state index contributed by atoms with van der Waals surface area (Å²) in [4.78, 5) is 14.4. The minimum absolute atomic E-state index is 0.483. The number of unbranched alkanes of at least 4 members (excludes halogenated alkanes) is 1. The minimum Gasteiger partial charge on any atom is -0.475 e. The van der Waals surface area contributed by atoms with Gasteiger partial charge < -0.3 is 9.47 Å². The van der Waals surface area contributed by atoms with Gasteiger partial charge in [0.05, 0.1) is 6.61 Å². The maximum absolute atomic E-state index is 10.4. The summed E-state index contributed by atoms with van der Waals surface area (Å²) >= 11 is 0. The SMILES string of the molecule is CCCCOCCOc1ccc(C=O)cn1. The van der Waals surface area contributed by atoms with Gasteiger partial charge in [0, 0.05) is 24.4 Å². The Morgan fingerprint density at radius 3 is 2.81 bits per heavy atom. The average molecular weight is 223 g/mol. The van der Waals surface area contributed by atoms with Crippen molar-refractivity contribution in [2.75, 3.05) is 19.8 Å². The largest absolute Gasteiger partial charge is 0.475 e. The lowest BCUT2D eigenvalue weighted by atomic mass is 10.3. The standard InChI is InChI=1S/C12H17NO3/c1-2-3-6-15-7-8-16-12-5-4-11(10-14)9-13-12/h4-5,9-10H,2-3,6-8H2,1H3. The molecule has 4 heteroatoms. The number of carbonyl (C=O) groups is 1. The molecule has 0 N–H and O–H groups in total. The second-order valence-corrected chi connectivity index (χ2v) is 3.36. The molecule has 0 aliphatic carbocycles. The van der Waals surface area contributed by atoms with Gasteiger partial charge >= 0.3 is 0 Å². The normalized spacial score (nSPS) is 10.1. The lowest BCUT2D eigenvalue weighted by Crippen LogP contribution is -2.08. The van der Waals surface area contributed by atoms with Crippen molar-refractivity contribution in [1.29, 1.82) is 0 Å². The monoisotopic (exact) mass is 223 g/mol. The van der Waals surface area contributed by atoms with Crippen LogP contribution in [-0.2, 0) is 4.74 Å². The number of hydrogen-bond donors (Lipinski definition) is 0. The molecule has 0 atom stereocenters. The van der Waals surface area contributed by atoms with Crippen molar-refractivity contribution in [3.8, 4) is 5.88 Å². The van der Waals surface area contributed by atoms with E-state index in [4.69, 9.17) is 9.47 Å². The minimum atomic E-state index is 0.483. The molecule has 16 heavy (non-hydrogen) atoms. The van der Waals surface area contributed by atoms with Crippen LogP contribution in [0.4, 0.5) is 0 Å². The van der Waals surface area contributed by atoms with Gasteiger partial charge in [-0.2, -0.15) is 0 Å². The van der Waals surface area contributed by atoms with E-state index in [0.29, 0.717) is 24.7 Å². The molecule has 0 saturated heterocycles. The highest BCUT2D eigenvalue weighted by Gasteiger charge is 1.96. The Labute approximate surface area is 95.6 Å². The van der Waals surface area contributed by atoms with E-state index in [9.17, 15) is 4.79 Å². The fourth-order valence-electron chi connectivity index (χ4n) is 1.10. The first kappa shape index (κ1) is 12.6. The average Bonchev–Trinajstić information content (AvgIpc) is 2.34. The van der Waals surface area contributed by atoms with E-state index in [2.05, 4.69) is 11.9 Å². The third kappa shape index (κ3) is 4.89. The van der Waals surface area contributed by atoms with Crippen LogP contribution in [0.25, 0.3) is 0 Å². The zero-order chi connectivity index (χ0) is 11.6. The molecule has 0 aromatic carbocycles. The molecule has 88 valence electrons. The van der Waals surface area contributed by atoms with Crippen LogP contribution < -0.4 is 4.74 Å². The van der Waals surface area contributed by atoms with Crippen molar-refractivity contribution in [2.24, 2.45) is 0 Å². The molecule has 0 spiro atoms. The van der Waals surface area contributed by atoms with Crippen LogP contribution in [-0.4, -0.2) is 31.1 Å². The molecule has 1 aromatic rings. The molecule has 0 amide bonds. The van der Waals surface area contributed by atoms with Crippen LogP contribution in [0.3, 0.4) is 0 Å². The maximum Gasteiger partial charge on any atom is 0.213 e. The van der Waals surface area contributed by atoms with Crippen LogP contribution >= 0.6 is 0 Å². The summed E-state index contributed by atoms with van der Waals surface area (Å²) in [5.41, 5.74) is 0.548. The fourth-order valence-corrected chi connectivity index (χ4v) is 1.10. The van der Waals surface area contributed by atoms with Crippen LogP contribution in [0, 0.1) is 0 Å². The molecule has 1 aromatic heterocycles. The van der Waals surface area contributed by atoms with Gasteiger partial charge in [0.15, 0.2) is 6.29 Å². The summed E-state index contributed by atoms with van der Waals surface area (Å²) in [7, 11) is 0. The van der Waals surface area contributed by atoms with E-state index in [1.54, 1.807) is 12.1 Å². The van der Waals surface area contributed by atoms with Crippen molar-refractivity contribution in [3.05, 3.63) is 23.9 Å². The Hall–Kier alpha value is -1.42. The first-order valence-corrected chi connectivity index (χ1v) is 5.48. The van der Waals surface area contributed by atoms with E-state index in [1.165, 1.54) is 6.20 Å². The summed E-state index contributed by atoms with van der Waals surface area (Å²) in [5, 5.41) is 0. The summed E-state index contributed by atoms with van der Waals surface area (Å²) in [6.07, 6.45) is 4.45. The Morgan fingerprint density at radius 1 is 1.31 bits per heavy atom. The molecule has 0 bridgehead atoms. The molecule has 0 unspecified atom stereocenters. The van der Waals surface area contributed by atoms with Gasteiger partial charge in [0.25, 0.3) is 0 Å². The van der Waals surface area contributed by atoms with Crippen molar-refractivity contribution in [1.82, 2.24) is 4.98 Å². The fraction of sp³-hybridized carbons (Fsp3) is 0.500. The van der Waals surface area contributed by atoms with Crippen molar-refractivity contribution in [2.45, 2.75) is 19.8 Å². The van der Waals surface area contributed by atoms with E-state index in [1.807, 2.05) is 0 Å². The first-order chi connectivity index (χ1) is 7.86. The molecule has 4 nitrogen and oxygen atoms in total. The molecule has 0 aliphatic heterocycles. The van der Waals surface area contributed by atoms with E-state index >= 15 is 0 Å². The van der Waals surface area contributed by atoms with Gasteiger partial charge in [-0.05, 0) is 12.5 Å². The third-order valence-electron chi connectivity index (χ3n) is 2.02. The Kier molecular flexibility index (Phi) is 6.18. The lowest BCUT2D eigenvalue weighted by molar-refractivity contribution is 0.0965. The second kappa shape index (κ2) is 7.82. The van der Waals surface area contributed by atoms with E-state index in [-0.39, 0.29) is 0 Å². The first-order valence-electron chi connectivity index (χ1n) is 5.48. The molecule has 0 aliphatic rings. The number of hydrogen-bond acceptors (Lipinski definition) is 4. The number of aldehydes is 1. The van der Waals surface area contributed by atoms with Crippen LogP contribution in [0.15, 0.2) is 18.3 Å². The zero-order valence-corrected chi connectivity index (χ0v) is 9.52.